The van der Waals surface area contributed by atoms with E-state index in [2.05, 4.69) is 47.3 Å². The van der Waals surface area contributed by atoms with Gasteiger partial charge in [-0.15, -0.1) is 0 Å². The van der Waals surface area contributed by atoms with E-state index in [1.54, 1.807) is 12.3 Å². The molecule has 5 rings (SSSR count). The topological polar surface area (TPSA) is 82.1 Å². The third-order valence-corrected chi connectivity index (χ3v) is 6.60. The summed E-state index contributed by atoms with van der Waals surface area (Å²) < 4.78 is 39.0. The summed E-state index contributed by atoms with van der Waals surface area (Å²) >= 11 is 6.37. The summed E-state index contributed by atoms with van der Waals surface area (Å²) in [6.07, 6.45) is -2.70. The van der Waals surface area contributed by atoms with Crippen LogP contribution in [0.25, 0.3) is 0 Å². The summed E-state index contributed by atoms with van der Waals surface area (Å²) in [5.74, 6) is 1.75. The van der Waals surface area contributed by atoms with Crippen LogP contribution in [0.5, 0.6) is 0 Å². The van der Waals surface area contributed by atoms with E-state index in [9.17, 15) is 13.2 Å². The molecule has 2 N–H and O–H groups in total. The number of hydrogen-bond acceptors (Lipinski definition) is 8. The molecule has 3 heterocycles. The average Bonchev–Trinajstić information content (AvgIpc) is 2.92. The van der Waals surface area contributed by atoms with Gasteiger partial charge in [-0.1, -0.05) is 41.9 Å². The normalized spacial score (nSPS) is 15.8. The van der Waals surface area contributed by atoms with Crippen molar-refractivity contribution >= 4 is 41.0 Å². The molecule has 1 saturated heterocycles. The van der Waals surface area contributed by atoms with E-state index in [0.29, 0.717) is 48.8 Å². The summed E-state index contributed by atoms with van der Waals surface area (Å²) in [5, 5.41) is 6.85. The Labute approximate surface area is 228 Å². The van der Waals surface area contributed by atoms with Gasteiger partial charge in [0.2, 0.25) is 17.8 Å². The first-order valence-electron chi connectivity index (χ1n) is 12.4. The van der Waals surface area contributed by atoms with Crippen LogP contribution in [0.3, 0.4) is 0 Å². The second-order valence-electron chi connectivity index (χ2n) is 9.12. The molecule has 4 aromatic rings. The van der Waals surface area contributed by atoms with Crippen molar-refractivity contribution in [2.24, 2.45) is 0 Å². The molecule has 1 aliphatic rings. The van der Waals surface area contributed by atoms with Crippen LogP contribution in [-0.2, 0) is 12.7 Å². The molecule has 0 bridgehead atoms. The lowest BCUT2D eigenvalue weighted by Gasteiger charge is -2.40. The molecule has 2 aromatic carbocycles. The van der Waals surface area contributed by atoms with Gasteiger partial charge in [0.25, 0.3) is 0 Å². The minimum absolute atomic E-state index is 0.0140. The SMILES string of the molecule is CC1CN(c2ncccc2Cl)CCN1c1nc(NCc2ccccc2)nc(Nc2ccc(C(F)(F)F)cc2)n1. The summed E-state index contributed by atoms with van der Waals surface area (Å²) in [6.45, 7) is 4.46. The van der Waals surface area contributed by atoms with Gasteiger partial charge in [0.05, 0.1) is 10.6 Å². The molecule has 1 atom stereocenters. The maximum absolute atomic E-state index is 13.0. The van der Waals surface area contributed by atoms with Gasteiger partial charge in [-0.2, -0.15) is 28.1 Å². The Kier molecular flexibility index (Phi) is 7.69. The van der Waals surface area contributed by atoms with Crippen molar-refractivity contribution < 1.29 is 13.2 Å². The Morgan fingerprint density at radius 1 is 0.923 bits per heavy atom. The second kappa shape index (κ2) is 11.3. The lowest BCUT2D eigenvalue weighted by atomic mass is 10.2. The van der Waals surface area contributed by atoms with Crippen LogP contribution in [0.2, 0.25) is 5.02 Å². The Bertz CT molecular complexity index is 1400. The van der Waals surface area contributed by atoms with Gasteiger partial charge in [0.1, 0.15) is 5.82 Å². The summed E-state index contributed by atoms with van der Waals surface area (Å²) in [6, 6.07) is 18.2. The number of rotatable bonds is 7. The fourth-order valence-electron chi connectivity index (χ4n) is 4.33. The van der Waals surface area contributed by atoms with Gasteiger partial charge in [-0.3, -0.25) is 0 Å². The number of nitrogens with zero attached hydrogens (tertiary/aromatic N) is 6. The first-order chi connectivity index (χ1) is 18.8. The van der Waals surface area contributed by atoms with Crippen LogP contribution in [0.15, 0.2) is 72.9 Å². The van der Waals surface area contributed by atoms with Gasteiger partial charge in [0.15, 0.2) is 0 Å². The first-order valence-corrected chi connectivity index (χ1v) is 12.7. The zero-order valence-corrected chi connectivity index (χ0v) is 21.8. The zero-order chi connectivity index (χ0) is 27.4. The molecule has 0 spiro atoms. The van der Waals surface area contributed by atoms with Crippen molar-refractivity contribution in [3.63, 3.8) is 0 Å². The lowest BCUT2D eigenvalue weighted by molar-refractivity contribution is -0.137. The van der Waals surface area contributed by atoms with Crippen molar-refractivity contribution in [3.05, 3.63) is 89.1 Å². The molecule has 2 aromatic heterocycles. The van der Waals surface area contributed by atoms with E-state index < -0.39 is 11.7 Å². The highest BCUT2D eigenvalue weighted by molar-refractivity contribution is 6.32. The fraction of sp³-hybridized carbons (Fsp3) is 0.259. The molecule has 0 aliphatic carbocycles. The fourth-order valence-corrected chi connectivity index (χ4v) is 4.58. The zero-order valence-electron chi connectivity index (χ0n) is 21.0. The Morgan fingerprint density at radius 3 is 2.36 bits per heavy atom. The number of benzene rings is 2. The maximum atomic E-state index is 13.0. The van der Waals surface area contributed by atoms with Crippen molar-refractivity contribution in [1.29, 1.82) is 0 Å². The first kappa shape index (κ1) is 26.5. The third-order valence-electron chi connectivity index (χ3n) is 6.31. The van der Waals surface area contributed by atoms with Crippen LogP contribution in [0, 0.1) is 0 Å². The number of piperazine rings is 1. The molecular formula is C27H26ClF3N8. The van der Waals surface area contributed by atoms with E-state index >= 15 is 0 Å². The Hall–Kier alpha value is -4.12. The molecular weight excluding hydrogens is 529 g/mol. The van der Waals surface area contributed by atoms with Gasteiger partial charge in [-0.05, 0) is 48.9 Å². The van der Waals surface area contributed by atoms with Crippen LogP contribution < -0.4 is 20.4 Å². The van der Waals surface area contributed by atoms with E-state index in [0.717, 1.165) is 23.5 Å². The molecule has 12 heteroatoms. The van der Waals surface area contributed by atoms with Crippen molar-refractivity contribution in [2.45, 2.75) is 25.7 Å². The van der Waals surface area contributed by atoms with Gasteiger partial charge in [0, 0.05) is 44.1 Å². The Balaban J connectivity index is 1.39. The van der Waals surface area contributed by atoms with E-state index in [4.69, 9.17) is 11.6 Å². The second-order valence-corrected chi connectivity index (χ2v) is 9.53. The van der Waals surface area contributed by atoms with Crippen LogP contribution >= 0.6 is 11.6 Å². The van der Waals surface area contributed by atoms with Crippen LogP contribution in [0.1, 0.15) is 18.1 Å². The maximum Gasteiger partial charge on any atom is 0.416 e. The molecule has 8 nitrogen and oxygen atoms in total. The van der Waals surface area contributed by atoms with Gasteiger partial charge >= 0.3 is 6.18 Å². The van der Waals surface area contributed by atoms with Crippen LogP contribution in [0.4, 0.5) is 42.5 Å². The highest BCUT2D eigenvalue weighted by atomic mass is 35.5. The molecule has 1 unspecified atom stereocenters. The van der Waals surface area contributed by atoms with E-state index in [1.807, 2.05) is 36.4 Å². The highest BCUT2D eigenvalue weighted by Crippen LogP contribution is 2.31. The number of pyridine rings is 1. The quantitative estimate of drug-likeness (QED) is 0.287. The lowest BCUT2D eigenvalue weighted by Crippen LogP contribution is -2.53. The van der Waals surface area contributed by atoms with E-state index in [-0.39, 0.29) is 12.0 Å². The summed E-state index contributed by atoms with van der Waals surface area (Å²) in [4.78, 5) is 22.4. The molecule has 0 saturated carbocycles. The average molecular weight is 555 g/mol. The molecule has 0 radical (unpaired) electrons. The number of nitrogens with one attached hydrogen (secondary N) is 2. The molecule has 1 aliphatic heterocycles. The molecule has 39 heavy (non-hydrogen) atoms. The van der Waals surface area contributed by atoms with Crippen molar-refractivity contribution in [1.82, 2.24) is 19.9 Å². The van der Waals surface area contributed by atoms with Gasteiger partial charge < -0.3 is 20.4 Å². The summed E-state index contributed by atoms with van der Waals surface area (Å²) in [7, 11) is 0. The Morgan fingerprint density at radius 2 is 1.67 bits per heavy atom. The smallest absolute Gasteiger partial charge is 0.352 e. The third kappa shape index (κ3) is 6.48. The predicted molar refractivity (Wildman–Crippen MR) is 147 cm³/mol. The minimum Gasteiger partial charge on any atom is -0.352 e. The number of alkyl halides is 3. The summed E-state index contributed by atoms with van der Waals surface area (Å²) in [5.41, 5.74) is 0.747. The number of anilines is 5. The number of halogens is 4. The highest BCUT2D eigenvalue weighted by Gasteiger charge is 2.30. The molecule has 1 fully saturated rings. The standard InChI is InChI=1S/C27H26ClF3N8/c1-18-17-38(23-22(28)8-5-13-32-23)14-15-39(18)26-36-24(33-16-19-6-3-2-4-7-19)35-25(37-26)34-21-11-9-20(10-12-21)27(29,30)31/h2-13,18H,14-17H2,1H3,(H2,33,34,35,36,37). The monoisotopic (exact) mass is 554 g/mol. The molecule has 0 amide bonds. The van der Waals surface area contributed by atoms with Crippen molar-refractivity contribution in [3.8, 4) is 0 Å². The van der Waals surface area contributed by atoms with Crippen LogP contribution in [-0.4, -0.2) is 45.6 Å². The number of aromatic nitrogens is 4. The van der Waals surface area contributed by atoms with Crippen molar-refractivity contribution in [2.75, 3.05) is 40.1 Å². The largest absolute Gasteiger partial charge is 0.416 e. The van der Waals surface area contributed by atoms with Gasteiger partial charge in [-0.25, -0.2) is 4.98 Å². The van der Waals surface area contributed by atoms with E-state index in [1.165, 1.54) is 12.1 Å². The molecule has 202 valence electrons. The minimum atomic E-state index is -4.41. The number of hydrogen-bond donors (Lipinski definition) is 2. The predicted octanol–water partition coefficient (Wildman–Crippen LogP) is 6.01.